The number of amides is 2. The summed E-state index contributed by atoms with van der Waals surface area (Å²) < 4.78 is 25.3. The Morgan fingerprint density at radius 3 is 2.45 bits per heavy atom. The van der Waals surface area contributed by atoms with Gasteiger partial charge in [-0.05, 0) is 62.5 Å². The topological polar surface area (TPSA) is 86.8 Å². The molecule has 1 atom stereocenters. The van der Waals surface area contributed by atoms with E-state index in [1.807, 2.05) is 0 Å². The Hall–Kier alpha value is -2.71. The predicted molar refractivity (Wildman–Crippen MR) is 129 cm³/mol. The summed E-state index contributed by atoms with van der Waals surface area (Å²) in [5.74, 6) is -0.244. The molecular weight excluding hydrogens is 438 g/mol. The van der Waals surface area contributed by atoms with Gasteiger partial charge in [-0.3, -0.25) is 14.5 Å². The maximum Gasteiger partial charge on any atom is 0.251 e. The van der Waals surface area contributed by atoms with Crippen LogP contribution in [0.15, 0.2) is 48.5 Å². The minimum absolute atomic E-state index is 0.0363. The van der Waals surface area contributed by atoms with Crippen LogP contribution in [-0.2, 0) is 14.8 Å². The Labute approximate surface area is 195 Å². The average Bonchev–Trinajstić information content (AvgIpc) is 3.08. The molecule has 0 radical (unpaired) electrons. The van der Waals surface area contributed by atoms with Crippen molar-refractivity contribution in [2.75, 3.05) is 29.7 Å². The second kappa shape index (κ2) is 9.65. The van der Waals surface area contributed by atoms with Crippen LogP contribution in [-0.4, -0.2) is 50.5 Å². The number of carbonyl (C=O) groups excluding carboxylic acids is 2. The molecule has 0 spiro atoms. The minimum Gasteiger partial charge on any atom is -0.350 e. The van der Waals surface area contributed by atoms with Crippen molar-refractivity contribution in [1.29, 1.82) is 0 Å². The lowest BCUT2D eigenvalue weighted by molar-refractivity contribution is -0.116. The Kier molecular flexibility index (Phi) is 6.86. The number of benzene rings is 2. The van der Waals surface area contributed by atoms with E-state index < -0.39 is 15.9 Å². The molecule has 0 saturated carbocycles. The number of anilines is 1. The fourth-order valence-corrected chi connectivity index (χ4v) is 5.97. The van der Waals surface area contributed by atoms with Crippen LogP contribution in [0.5, 0.6) is 0 Å². The molecule has 1 N–H and O–H groups in total. The number of nitrogens with zero attached hydrogens (tertiary/aromatic N) is 2. The number of carbonyl (C=O) groups is 2. The Morgan fingerprint density at radius 1 is 1.12 bits per heavy atom. The van der Waals surface area contributed by atoms with Gasteiger partial charge in [0, 0.05) is 18.5 Å². The average molecular weight is 470 g/mol. The summed E-state index contributed by atoms with van der Waals surface area (Å²) in [7, 11) is -3.67. The van der Waals surface area contributed by atoms with Crippen LogP contribution in [0, 0.1) is 12.8 Å². The second-order valence-corrected chi connectivity index (χ2v) is 11.1. The molecule has 4 rings (SSSR count). The third-order valence-corrected chi connectivity index (χ3v) is 8.29. The minimum atomic E-state index is -3.67. The van der Waals surface area contributed by atoms with Crippen LogP contribution >= 0.6 is 0 Å². The van der Waals surface area contributed by atoms with Crippen LogP contribution in [0.1, 0.15) is 53.7 Å². The van der Waals surface area contributed by atoms with Crippen molar-refractivity contribution in [3.05, 3.63) is 65.2 Å². The van der Waals surface area contributed by atoms with Gasteiger partial charge in [0.15, 0.2) is 0 Å². The molecular formula is C25H31N3O4S. The highest BCUT2D eigenvalue weighted by Crippen LogP contribution is 2.28. The van der Waals surface area contributed by atoms with Crippen molar-refractivity contribution in [2.45, 2.75) is 39.2 Å². The summed E-state index contributed by atoms with van der Waals surface area (Å²) in [6.07, 6.45) is 2.23. The Bertz CT molecular complexity index is 1120. The van der Waals surface area contributed by atoms with Gasteiger partial charge >= 0.3 is 0 Å². The molecule has 0 unspecified atom stereocenters. The number of likely N-dealkylation sites (tertiary alicyclic amines) is 1. The van der Waals surface area contributed by atoms with Gasteiger partial charge in [0.2, 0.25) is 15.9 Å². The smallest absolute Gasteiger partial charge is 0.251 e. The maximum atomic E-state index is 13.0. The molecule has 0 aromatic heterocycles. The molecule has 0 bridgehead atoms. The van der Waals surface area contributed by atoms with Crippen LogP contribution in [0.3, 0.4) is 0 Å². The van der Waals surface area contributed by atoms with Crippen molar-refractivity contribution in [1.82, 2.24) is 10.2 Å². The lowest BCUT2D eigenvalue weighted by atomic mass is 9.95. The van der Waals surface area contributed by atoms with Gasteiger partial charge in [0.25, 0.3) is 5.91 Å². The van der Waals surface area contributed by atoms with Gasteiger partial charge in [-0.15, -0.1) is 0 Å². The van der Waals surface area contributed by atoms with Crippen LogP contribution < -0.4 is 9.62 Å². The van der Waals surface area contributed by atoms with Crippen LogP contribution in [0.2, 0.25) is 0 Å². The van der Waals surface area contributed by atoms with Gasteiger partial charge in [-0.2, -0.15) is 0 Å². The quantitative estimate of drug-likeness (QED) is 0.702. The summed E-state index contributed by atoms with van der Waals surface area (Å²) in [6, 6.07) is 14.7. The fourth-order valence-electron chi connectivity index (χ4n) is 4.52. The monoisotopic (exact) mass is 469 g/mol. The summed E-state index contributed by atoms with van der Waals surface area (Å²) in [6.45, 7) is 6.75. The summed E-state index contributed by atoms with van der Waals surface area (Å²) >= 11 is 0. The van der Waals surface area contributed by atoms with Crippen molar-refractivity contribution >= 4 is 27.5 Å². The van der Waals surface area contributed by atoms with Gasteiger partial charge in [-0.1, -0.05) is 42.8 Å². The number of nitrogens with one attached hydrogen (secondary N) is 1. The van der Waals surface area contributed by atoms with Gasteiger partial charge in [-0.25, -0.2) is 12.7 Å². The molecule has 2 aliphatic rings. The first kappa shape index (κ1) is 23.4. The molecule has 176 valence electrons. The van der Waals surface area contributed by atoms with E-state index in [9.17, 15) is 18.0 Å². The zero-order chi connectivity index (χ0) is 23.6. The predicted octanol–water partition coefficient (Wildman–Crippen LogP) is 3.26. The lowest BCUT2D eigenvalue weighted by Crippen LogP contribution is -2.42. The van der Waals surface area contributed by atoms with E-state index in [1.54, 1.807) is 18.2 Å². The van der Waals surface area contributed by atoms with E-state index in [0.717, 1.165) is 35.8 Å². The van der Waals surface area contributed by atoms with Gasteiger partial charge < -0.3 is 5.32 Å². The third kappa shape index (κ3) is 5.28. The maximum absolute atomic E-state index is 13.0. The highest BCUT2D eigenvalue weighted by molar-refractivity contribution is 7.94. The first-order valence-corrected chi connectivity index (χ1v) is 13.1. The third-order valence-electron chi connectivity index (χ3n) is 6.60. The SMILES string of the molecule is Cc1ccc([C@H](CNC(=O)c2cccc(N3C(=O)CCS3(=O)=O)c2)N2CCC(C)CC2)cc1. The zero-order valence-electron chi connectivity index (χ0n) is 19.2. The number of hydrogen-bond donors (Lipinski definition) is 1. The number of piperidine rings is 1. The van der Waals surface area contributed by atoms with Crippen molar-refractivity contribution in [2.24, 2.45) is 5.92 Å². The second-order valence-electron chi connectivity index (χ2n) is 9.13. The van der Waals surface area contributed by atoms with E-state index in [0.29, 0.717) is 18.0 Å². The summed E-state index contributed by atoms with van der Waals surface area (Å²) in [4.78, 5) is 27.5. The van der Waals surface area contributed by atoms with E-state index in [2.05, 4.69) is 48.3 Å². The van der Waals surface area contributed by atoms with E-state index in [4.69, 9.17) is 0 Å². The molecule has 2 aromatic carbocycles. The van der Waals surface area contributed by atoms with Crippen LogP contribution in [0.4, 0.5) is 5.69 Å². The number of sulfonamides is 1. The van der Waals surface area contributed by atoms with Gasteiger partial charge in [0.1, 0.15) is 0 Å². The Balaban J connectivity index is 1.50. The number of aryl methyl sites for hydroxylation is 1. The van der Waals surface area contributed by atoms with Crippen molar-refractivity contribution in [3.8, 4) is 0 Å². The summed E-state index contributed by atoms with van der Waals surface area (Å²) in [5.41, 5.74) is 2.90. The number of rotatable bonds is 6. The van der Waals surface area contributed by atoms with E-state index in [1.165, 1.54) is 11.6 Å². The van der Waals surface area contributed by atoms with Gasteiger partial charge in [0.05, 0.1) is 17.5 Å². The van der Waals surface area contributed by atoms with E-state index >= 15 is 0 Å². The van der Waals surface area contributed by atoms with Crippen molar-refractivity contribution < 1.29 is 18.0 Å². The molecule has 2 fully saturated rings. The largest absolute Gasteiger partial charge is 0.350 e. The molecule has 7 nitrogen and oxygen atoms in total. The lowest BCUT2D eigenvalue weighted by Gasteiger charge is -2.37. The first-order valence-electron chi connectivity index (χ1n) is 11.5. The molecule has 2 aliphatic heterocycles. The van der Waals surface area contributed by atoms with Crippen molar-refractivity contribution in [3.63, 3.8) is 0 Å². The van der Waals surface area contributed by atoms with E-state index in [-0.39, 0.29) is 29.8 Å². The molecule has 0 aliphatic carbocycles. The molecule has 8 heteroatoms. The number of hydrogen-bond acceptors (Lipinski definition) is 5. The zero-order valence-corrected chi connectivity index (χ0v) is 20.0. The highest BCUT2D eigenvalue weighted by Gasteiger charge is 2.36. The highest BCUT2D eigenvalue weighted by atomic mass is 32.2. The standard InChI is InChI=1S/C25H31N3O4S/c1-18-6-8-20(9-7-18)23(27-13-10-19(2)11-14-27)17-26-25(30)21-4-3-5-22(16-21)28-24(29)12-15-33(28,31)32/h3-9,16,19,23H,10-15,17H2,1-2H3,(H,26,30)/t23-/m0/s1. The molecule has 2 heterocycles. The molecule has 33 heavy (non-hydrogen) atoms. The normalized spacial score (nSPS) is 20.1. The first-order chi connectivity index (χ1) is 15.7. The molecule has 2 aromatic rings. The molecule has 2 amide bonds. The fraction of sp³-hybridized carbons (Fsp3) is 0.440. The molecule has 2 saturated heterocycles. The summed E-state index contributed by atoms with van der Waals surface area (Å²) in [5, 5.41) is 3.04. The Morgan fingerprint density at radius 2 is 1.82 bits per heavy atom. The van der Waals surface area contributed by atoms with Crippen LogP contribution in [0.25, 0.3) is 0 Å².